The Bertz CT molecular complexity index is 930. The van der Waals surface area contributed by atoms with Gasteiger partial charge in [-0.2, -0.15) is 13.2 Å². The molecule has 0 radical (unpaired) electrons. The average molecular weight is 380 g/mol. The fourth-order valence-corrected chi connectivity index (χ4v) is 3.20. The standard InChI is InChI=1S/C18H15F3N2O2S/c1-11-6-7-14(25-11)9-23(2)17(24)15-10-26-16(22-15)12-4-3-5-13(8-12)18(19,20)21/h3-8,10H,9H2,1-2H3. The van der Waals surface area contributed by atoms with Crippen molar-refractivity contribution in [2.24, 2.45) is 0 Å². The molecule has 0 N–H and O–H groups in total. The van der Waals surface area contributed by atoms with E-state index >= 15 is 0 Å². The van der Waals surface area contributed by atoms with Crippen LogP contribution >= 0.6 is 11.3 Å². The van der Waals surface area contributed by atoms with E-state index in [2.05, 4.69) is 4.98 Å². The number of amides is 1. The number of hydrogen-bond donors (Lipinski definition) is 0. The molecule has 3 aromatic rings. The summed E-state index contributed by atoms with van der Waals surface area (Å²) in [7, 11) is 1.61. The molecule has 0 unspecified atom stereocenters. The van der Waals surface area contributed by atoms with Crippen molar-refractivity contribution in [3.8, 4) is 10.6 Å². The number of benzene rings is 1. The van der Waals surface area contributed by atoms with Crippen LogP contribution in [0.3, 0.4) is 0 Å². The van der Waals surface area contributed by atoms with Crippen LogP contribution in [0.1, 0.15) is 27.6 Å². The lowest BCUT2D eigenvalue weighted by atomic mass is 10.1. The molecule has 0 aliphatic heterocycles. The van der Waals surface area contributed by atoms with E-state index in [4.69, 9.17) is 4.42 Å². The second kappa shape index (κ2) is 6.95. The molecule has 2 aromatic heterocycles. The van der Waals surface area contributed by atoms with Gasteiger partial charge in [-0.25, -0.2) is 4.98 Å². The lowest BCUT2D eigenvalue weighted by Gasteiger charge is -2.14. The Labute approximate surface area is 151 Å². The fourth-order valence-electron chi connectivity index (χ4n) is 2.40. The maximum absolute atomic E-state index is 12.8. The molecule has 0 atom stereocenters. The molecule has 0 spiro atoms. The van der Waals surface area contributed by atoms with Crippen molar-refractivity contribution in [3.63, 3.8) is 0 Å². The van der Waals surface area contributed by atoms with Crippen molar-refractivity contribution >= 4 is 17.2 Å². The number of thiazole rings is 1. The molecule has 1 aromatic carbocycles. The molecule has 0 aliphatic rings. The predicted octanol–water partition coefficient (Wildman–Crippen LogP) is 5.00. The Balaban J connectivity index is 1.78. The maximum atomic E-state index is 12.8. The number of carbonyl (C=O) groups is 1. The van der Waals surface area contributed by atoms with Crippen LogP contribution in [0.4, 0.5) is 13.2 Å². The number of aromatic nitrogens is 1. The van der Waals surface area contributed by atoms with Crippen molar-refractivity contribution in [3.05, 3.63) is 64.6 Å². The van der Waals surface area contributed by atoms with E-state index in [9.17, 15) is 18.0 Å². The highest BCUT2D eigenvalue weighted by atomic mass is 32.1. The van der Waals surface area contributed by atoms with Gasteiger partial charge in [-0.3, -0.25) is 4.79 Å². The number of hydrogen-bond acceptors (Lipinski definition) is 4. The second-order valence-corrected chi connectivity index (χ2v) is 6.65. The molecule has 26 heavy (non-hydrogen) atoms. The SMILES string of the molecule is Cc1ccc(CN(C)C(=O)c2csc(-c3cccc(C(F)(F)F)c3)n2)o1. The van der Waals surface area contributed by atoms with Crippen LogP contribution < -0.4 is 0 Å². The maximum Gasteiger partial charge on any atom is 0.416 e. The Hall–Kier alpha value is -2.61. The highest BCUT2D eigenvalue weighted by Crippen LogP contribution is 2.33. The van der Waals surface area contributed by atoms with Crippen molar-refractivity contribution < 1.29 is 22.4 Å². The lowest BCUT2D eigenvalue weighted by Crippen LogP contribution is -2.26. The normalized spacial score (nSPS) is 11.6. The Morgan fingerprint density at radius 3 is 2.69 bits per heavy atom. The van der Waals surface area contributed by atoms with Gasteiger partial charge in [-0.1, -0.05) is 12.1 Å². The van der Waals surface area contributed by atoms with E-state index in [1.807, 2.05) is 13.0 Å². The van der Waals surface area contributed by atoms with E-state index in [1.165, 1.54) is 17.0 Å². The van der Waals surface area contributed by atoms with Gasteiger partial charge in [0.05, 0.1) is 12.1 Å². The van der Waals surface area contributed by atoms with Gasteiger partial charge in [-0.15, -0.1) is 11.3 Å². The first-order valence-corrected chi connectivity index (χ1v) is 8.56. The molecule has 136 valence electrons. The molecular weight excluding hydrogens is 365 g/mol. The summed E-state index contributed by atoms with van der Waals surface area (Å²) in [6.45, 7) is 2.09. The molecule has 0 aliphatic carbocycles. The van der Waals surface area contributed by atoms with Crippen LogP contribution in [-0.2, 0) is 12.7 Å². The van der Waals surface area contributed by atoms with Gasteiger partial charge in [0.15, 0.2) is 0 Å². The average Bonchev–Trinajstić information content (AvgIpc) is 3.23. The Kier molecular flexibility index (Phi) is 4.86. The quantitative estimate of drug-likeness (QED) is 0.640. The third-order valence-corrected chi connectivity index (χ3v) is 4.59. The largest absolute Gasteiger partial charge is 0.464 e. The number of furan rings is 1. The minimum absolute atomic E-state index is 0.188. The number of aryl methyl sites for hydroxylation is 1. The molecule has 8 heteroatoms. The van der Waals surface area contributed by atoms with E-state index < -0.39 is 11.7 Å². The highest BCUT2D eigenvalue weighted by Gasteiger charge is 2.30. The van der Waals surface area contributed by atoms with Crippen LogP contribution in [0.15, 0.2) is 46.2 Å². The monoisotopic (exact) mass is 380 g/mol. The minimum atomic E-state index is -4.42. The van der Waals surface area contributed by atoms with Gasteiger partial charge < -0.3 is 9.32 Å². The summed E-state index contributed by atoms with van der Waals surface area (Å²) < 4.78 is 44.0. The molecule has 1 amide bonds. The second-order valence-electron chi connectivity index (χ2n) is 5.79. The highest BCUT2D eigenvalue weighted by molar-refractivity contribution is 7.13. The summed E-state index contributed by atoms with van der Waals surface area (Å²) in [5, 5.41) is 1.91. The zero-order valence-corrected chi connectivity index (χ0v) is 14.8. The van der Waals surface area contributed by atoms with Crippen LogP contribution in [-0.4, -0.2) is 22.8 Å². The zero-order chi connectivity index (χ0) is 18.9. The zero-order valence-electron chi connectivity index (χ0n) is 14.0. The number of nitrogens with zero attached hydrogens (tertiary/aromatic N) is 2. The minimum Gasteiger partial charge on any atom is -0.464 e. The van der Waals surface area contributed by atoms with Gasteiger partial charge in [0.25, 0.3) is 5.91 Å². The van der Waals surface area contributed by atoms with Crippen molar-refractivity contribution in [1.82, 2.24) is 9.88 Å². The van der Waals surface area contributed by atoms with Crippen molar-refractivity contribution in [2.45, 2.75) is 19.6 Å². The van der Waals surface area contributed by atoms with E-state index in [0.717, 1.165) is 29.2 Å². The summed E-state index contributed by atoms with van der Waals surface area (Å²) in [6.07, 6.45) is -4.42. The van der Waals surface area contributed by atoms with Gasteiger partial charge in [0.2, 0.25) is 0 Å². The van der Waals surface area contributed by atoms with E-state index in [0.29, 0.717) is 16.3 Å². The third kappa shape index (κ3) is 3.96. The molecular formula is C18H15F3N2O2S. The van der Waals surface area contributed by atoms with Gasteiger partial charge in [0.1, 0.15) is 22.2 Å². The van der Waals surface area contributed by atoms with Crippen LogP contribution in [0.25, 0.3) is 10.6 Å². The van der Waals surface area contributed by atoms with Crippen LogP contribution in [0.5, 0.6) is 0 Å². The molecule has 3 rings (SSSR count). The van der Waals surface area contributed by atoms with Gasteiger partial charge in [0, 0.05) is 18.0 Å². The topological polar surface area (TPSA) is 46.3 Å². The summed E-state index contributed by atoms with van der Waals surface area (Å²) in [4.78, 5) is 18.1. The van der Waals surface area contributed by atoms with E-state index in [-0.39, 0.29) is 18.1 Å². The van der Waals surface area contributed by atoms with E-state index in [1.54, 1.807) is 18.5 Å². The number of rotatable bonds is 4. The number of halogens is 3. The summed E-state index contributed by atoms with van der Waals surface area (Å²) in [5.41, 5.74) is -0.232. The van der Waals surface area contributed by atoms with Crippen LogP contribution in [0, 0.1) is 6.92 Å². The lowest BCUT2D eigenvalue weighted by molar-refractivity contribution is -0.137. The molecule has 0 fully saturated rings. The summed E-state index contributed by atoms with van der Waals surface area (Å²) in [5.74, 6) is 1.07. The van der Waals surface area contributed by atoms with Gasteiger partial charge in [-0.05, 0) is 31.2 Å². The van der Waals surface area contributed by atoms with Crippen LogP contribution in [0.2, 0.25) is 0 Å². The number of carbonyl (C=O) groups excluding carboxylic acids is 1. The molecule has 2 heterocycles. The third-order valence-electron chi connectivity index (χ3n) is 3.70. The molecule has 4 nitrogen and oxygen atoms in total. The first-order chi connectivity index (χ1) is 12.2. The molecule has 0 saturated heterocycles. The molecule has 0 bridgehead atoms. The Morgan fingerprint density at radius 2 is 2.04 bits per heavy atom. The summed E-state index contributed by atoms with van der Waals surface area (Å²) >= 11 is 1.13. The molecule has 0 saturated carbocycles. The van der Waals surface area contributed by atoms with Crippen molar-refractivity contribution in [2.75, 3.05) is 7.05 Å². The number of alkyl halides is 3. The first-order valence-electron chi connectivity index (χ1n) is 7.68. The predicted molar refractivity (Wildman–Crippen MR) is 91.8 cm³/mol. The fraction of sp³-hybridized carbons (Fsp3) is 0.222. The Morgan fingerprint density at radius 1 is 1.27 bits per heavy atom. The smallest absolute Gasteiger partial charge is 0.416 e. The summed E-state index contributed by atoms with van der Waals surface area (Å²) in [6, 6.07) is 8.49. The first kappa shape index (κ1) is 18.2. The van der Waals surface area contributed by atoms with Gasteiger partial charge >= 0.3 is 6.18 Å². The van der Waals surface area contributed by atoms with Crippen molar-refractivity contribution in [1.29, 1.82) is 0 Å².